The summed E-state index contributed by atoms with van der Waals surface area (Å²) in [4.78, 5) is 2.50. The van der Waals surface area contributed by atoms with Gasteiger partial charge in [-0.2, -0.15) is 0 Å². The molecule has 8 rings (SSSR count). The standard InChI is InChI=1S/C58H65N3/c1-54(2,3)40-21-23-44(24-22-40)58(59-45-31-25-41(26-32-45)55(4,5)6)38-48(37-49(39-58)61-52-19-15-13-17-50(52)51-18-14-16-20-53(51)61)60(46-33-27-42(28-34-46)56(7,8)9)47-35-29-43(30-36-47)57(10,11)12/h13-37,39,59H,38H2,1-12H3. The van der Waals surface area contributed by atoms with Crippen molar-refractivity contribution in [1.82, 2.24) is 4.57 Å². The summed E-state index contributed by atoms with van der Waals surface area (Å²) in [7, 11) is 0. The van der Waals surface area contributed by atoms with Crippen LogP contribution in [0.1, 0.15) is 117 Å². The number of aromatic nitrogens is 1. The summed E-state index contributed by atoms with van der Waals surface area (Å²) in [5, 5.41) is 6.72. The Kier molecular flexibility index (Phi) is 10.5. The van der Waals surface area contributed by atoms with Gasteiger partial charge in [-0.15, -0.1) is 0 Å². The highest BCUT2D eigenvalue weighted by atomic mass is 15.2. The topological polar surface area (TPSA) is 20.2 Å². The van der Waals surface area contributed by atoms with E-state index in [1.54, 1.807) is 0 Å². The van der Waals surface area contributed by atoms with Gasteiger partial charge < -0.3 is 14.8 Å². The Bertz CT molecular complexity index is 2620. The van der Waals surface area contributed by atoms with Crippen LogP contribution in [-0.4, -0.2) is 4.57 Å². The Balaban J connectivity index is 1.42. The summed E-state index contributed by atoms with van der Waals surface area (Å²) < 4.78 is 2.48. The lowest BCUT2D eigenvalue weighted by Crippen LogP contribution is -2.39. The van der Waals surface area contributed by atoms with Crippen molar-refractivity contribution in [2.75, 3.05) is 10.2 Å². The molecule has 0 fully saturated rings. The fraction of sp³-hybridized carbons (Fsp3) is 0.310. The van der Waals surface area contributed by atoms with Crippen LogP contribution >= 0.6 is 0 Å². The van der Waals surface area contributed by atoms with Crippen molar-refractivity contribution in [3.8, 4) is 0 Å². The highest BCUT2D eigenvalue weighted by Crippen LogP contribution is 2.47. The number of hydrogen-bond acceptors (Lipinski definition) is 2. The van der Waals surface area contributed by atoms with Crippen LogP contribution in [0.3, 0.4) is 0 Å². The van der Waals surface area contributed by atoms with E-state index in [0.29, 0.717) is 6.42 Å². The van der Waals surface area contributed by atoms with Gasteiger partial charge in [-0.1, -0.05) is 180 Å². The molecule has 3 nitrogen and oxygen atoms in total. The molecule has 3 heteroatoms. The lowest BCUT2D eigenvalue weighted by molar-refractivity contribution is 0.577. The van der Waals surface area contributed by atoms with Crippen LogP contribution in [0.4, 0.5) is 17.1 Å². The predicted molar refractivity (Wildman–Crippen MR) is 264 cm³/mol. The van der Waals surface area contributed by atoms with E-state index in [2.05, 4.69) is 256 Å². The summed E-state index contributed by atoms with van der Waals surface area (Å²) in [5.41, 5.74) is 14.1. The third kappa shape index (κ3) is 8.32. The second-order valence-corrected chi connectivity index (χ2v) is 21.4. The third-order valence-corrected chi connectivity index (χ3v) is 12.7. The number of fused-ring (bicyclic) bond motifs is 3. The van der Waals surface area contributed by atoms with E-state index in [-0.39, 0.29) is 21.7 Å². The monoisotopic (exact) mass is 804 g/mol. The zero-order valence-corrected chi connectivity index (χ0v) is 38.6. The smallest absolute Gasteiger partial charge is 0.0887 e. The minimum Gasteiger partial charge on any atom is -0.372 e. The maximum Gasteiger partial charge on any atom is 0.0887 e. The average Bonchev–Trinajstić information content (AvgIpc) is 3.55. The maximum atomic E-state index is 4.22. The second kappa shape index (κ2) is 15.3. The molecule has 0 aliphatic heterocycles. The zero-order chi connectivity index (χ0) is 43.5. The van der Waals surface area contributed by atoms with Crippen molar-refractivity contribution in [3.05, 3.63) is 191 Å². The fourth-order valence-electron chi connectivity index (χ4n) is 8.94. The van der Waals surface area contributed by atoms with E-state index >= 15 is 0 Å². The summed E-state index contributed by atoms with van der Waals surface area (Å²) >= 11 is 0. The zero-order valence-electron chi connectivity index (χ0n) is 38.6. The first-order valence-electron chi connectivity index (χ1n) is 22.1. The molecular weight excluding hydrogens is 739 g/mol. The summed E-state index contributed by atoms with van der Waals surface area (Å²) in [6.07, 6.45) is 5.65. The molecular formula is C58H65N3. The maximum absolute atomic E-state index is 4.22. The molecule has 1 aliphatic rings. The fourth-order valence-corrected chi connectivity index (χ4v) is 8.94. The molecule has 0 radical (unpaired) electrons. The van der Waals surface area contributed by atoms with E-state index in [9.17, 15) is 0 Å². The van der Waals surface area contributed by atoms with Gasteiger partial charge in [-0.25, -0.2) is 0 Å². The molecule has 1 aromatic heterocycles. The van der Waals surface area contributed by atoms with Crippen molar-refractivity contribution in [2.45, 2.75) is 117 Å². The van der Waals surface area contributed by atoms with E-state index in [4.69, 9.17) is 0 Å². The number of nitrogens with zero attached hydrogens (tertiary/aromatic N) is 2. The van der Waals surface area contributed by atoms with Crippen molar-refractivity contribution in [1.29, 1.82) is 0 Å². The molecule has 0 saturated carbocycles. The normalized spacial score (nSPS) is 16.4. The van der Waals surface area contributed by atoms with Gasteiger partial charge in [-0.05, 0) is 110 Å². The van der Waals surface area contributed by atoms with Gasteiger partial charge in [0, 0.05) is 45.6 Å². The van der Waals surface area contributed by atoms with Crippen LogP contribution in [-0.2, 0) is 27.2 Å². The number of anilines is 3. The van der Waals surface area contributed by atoms with Crippen LogP contribution in [0.25, 0.3) is 27.5 Å². The number of para-hydroxylation sites is 2. The SMILES string of the molecule is CC(C)(C)c1ccc(NC2(c3ccc(C(C)(C)C)cc3)C=C(n3c4ccccc4c4ccccc43)C=C(N(c3ccc(C(C)(C)C)cc3)c3ccc(C(C)(C)C)cc3)C2)cc1. The van der Waals surface area contributed by atoms with Gasteiger partial charge in [0.25, 0.3) is 0 Å². The molecule has 1 heterocycles. The number of allylic oxidation sites excluding steroid dienone is 2. The molecule has 1 unspecified atom stereocenters. The minimum atomic E-state index is -0.638. The largest absolute Gasteiger partial charge is 0.372 e. The van der Waals surface area contributed by atoms with Gasteiger partial charge in [0.2, 0.25) is 0 Å². The third-order valence-electron chi connectivity index (χ3n) is 12.7. The van der Waals surface area contributed by atoms with Gasteiger partial charge in [0.05, 0.1) is 16.6 Å². The Morgan fingerprint density at radius 1 is 0.459 bits per heavy atom. The van der Waals surface area contributed by atoms with Gasteiger partial charge in [0.1, 0.15) is 0 Å². The van der Waals surface area contributed by atoms with E-state index < -0.39 is 5.54 Å². The summed E-state index contributed by atoms with van der Waals surface area (Å²) in [5.74, 6) is 0. The second-order valence-electron chi connectivity index (χ2n) is 21.4. The molecule has 1 aliphatic carbocycles. The van der Waals surface area contributed by atoms with Crippen LogP contribution in [0.2, 0.25) is 0 Å². The lowest BCUT2D eigenvalue weighted by Gasteiger charge is -2.41. The van der Waals surface area contributed by atoms with Gasteiger partial charge >= 0.3 is 0 Å². The van der Waals surface area contributed by atoms with E-state index in [1.807, 2.05) is 0 Å². The molecule has 1 N–H and O–H groups in total. The van der Waals surface area contributed by atoms with Crippen LogP contribution in [0.15, 0.2) is 163 Å². The minimum absolute atomic E-state index is 0.0265. The van der Waals surface area contributed by atoms with E-state index in [1.165, 1.54) is 55.3 Å². The molecule has 7 aromatic rings. The Morgan fingerprint density at radius 2 is 0.836 bits per heavy atom. The number of benzene rings is 6. The number of hydrogen-bond donors (Lipinski definition) is 1. The summed E-state index contributed by atoms with van der Waals surface area (Å²) in [6, 6.07) is 54.7. The molecule has 0 saturated heterocycles. The highest BCUT2D eigenvalue weighted by Gasteiger charge is 2.38. The quantitative estimate of drug-likeness (QED) is 0.173. The number of rotatable bonds is 7. The molecule has 312 valence electrons. The Labute approximate surface area is 365 Å². The molecule has 0 bridgehead atoms. The number of nitrogens with one attached hydrogen (secondary N) is 1. The Morgan fingerprint density at radius 3 is 1.25 bits per heavy atom. The lowest BCUT2D eigenvalue weighted by atomic mass is 9.78. The van der Waals surface area contributed by atoms with Gasteiger partial charge in [0.15, 0.2) is 0 Å². The van der Waals surface area contributed by atoms with Crippen LogP contribution < -0.4 is 10.2 Å². The van der Waals surface area contributed by atoms with E-state index in [0.717, 1.165) is 22.8 Å². The van der Waals surface area contributed by atoms with Crippen molar-refractivity contribution < 1.29 is 0 Å². The first-order chi connectivity index (χ1) is 28.7. The van der Waals surface area contributed by atoms with Crippen LogP contribution in [0, 0.1) is 0 Å². The molecule has 0 amide bonds. The van der Waals surface area contributed by atoms with Crippen molar-refractivity contribution in [3.63, 3.8) is 0 Å². The van der Waals surface area contributed by atoms with Crippen molar-refractivity contribution in [2.24, 2.45) is 0 Å². The first kappa shape index (κ1) is 41.9. The molecule has 61 heavy (non-hydrogen) atoms. The van der Waals surface area contributed by atoms with Gasteiger partial charge in [-0.3, -0.25) is 0 Å². The first-order valence-corrected chi connectivity index (χ1v) is 22.1. The van der Waals surface area contributed by atoms with Crippen LogP contribution in [0.5, 0.6) is 0 Å². The highest BCUT2D eigenvalue weighted by molar-refractivity contribution is 6.10. The van der Waals surface area contributed by atoms with Crippen molar-refractivity contribution >= 4 is 44.6 Å². The molecule has 6 aromatic carbocycles. The Hall–Kier alpha value is -5.80. The molecule has 1 atom stereocenters. The average molecular weight is 804 g/mol. The predicted octanol–water partition coefficient (Wildman–Crippen LogP) is 16.0. The summed E-state index contributed by atoms with van der Waals surface area (Å²) in [6.45, 7) is 27.5. The molecule has 0 spiro atoms.